The predicted molar refractivity (Wildman–Crippen MR) is 115 cm³/mol. The number of hydrogen-bond donors (Lipinski definition) is 0. The number of nitrogens with zero attached hydrogens (tertiary/aromatic N) is 2. The molecule has 162 valence electrons. The minimum atomic E-state index is -4.06. The number of hydrogen-bond acceptors (Lipinski definition) is 2. The second-order valence-corrected chi connectivity index (χ2v) is 7.94. The fraction of sp³-hybridized carbons (Fsp3) is 0.480. The number of halogens is 3. The first kappa shape index (κ1) is 24.0. The molecule has 1 aliphatic rings. The van der Waals surface area contributed by atoms with Gasteiger partial charge >= 0.3 is 6.18 Å². The Labute approximate surface area is 178 Å². The number of aryl methyl sites for hydroxylation is 1. The topological polar surface area (TPSA) is 27.0 Å². The van der Waals surface area contributed by atoms with Gasteiger partial charge in [-0.2, -0.15) is 18.4 Å². The summed E-state index contributed by atoms with van der Waals surface area (Å²) >= 11 is 0. The van der Waals surface area contributed by atoms with Crippen LogP contribution < -0.4 is 0 Å². The molecule has 5 heteroatoms. The third-order valence-electron chi connectivity index (χ3n) is 5.73. The summed E-state index contributed by atoms with van der Waals surface area (Å²) in [6, 6.07) is 20.0. The Morgan fingerprint density at radius 1 is 0.933 bits per heavy atom. The van der Waals surface area contributed by atoms with Crippen molar-refractivity contribution in [3.8, 4) is 6.07 Å². The molecule has 1 aliphatic carbocycles. The number of benzene rings is 2. The van der Waals surface area contributed by atoms with E-state index in [0.29, 0.717) is 6.42 Å². The van der Waals surface area contributed by atoms with Gasteiger partial charge in [-0.1, -0.05) is 54.6 Å². The first-order valence-corrected chi connectivity index (χ1v) is 10.5. The summed E-state index contributed by atoms with van der Waals surface area (Å²) in [4.78, 5) is 2.34. The highest BCUT2D eigenvalue weighted by Crippen LogP contribution is 2.50. The van der Waals surface area contributed by atoms with Gasteiger partial charge in [0.1, 0.15) is 0 Å². The third kappa shape index (κ3) is 7.50. The highest BCUT2D eigenvalue weighted by molar-refractivity contribution is 5.28. The monoisotopic (exact) mass is 416 g/mol. The van der Waals surface area contributed by atoms with Gasteiger partial charge in [-0.3, -0.25) is 0 Å². The average molecular weight is 417 g/mol. The smallest absolute Gasteiger partial charge is 0.306 e. The molecule has 0 amide bonds. The molecule has 0 bridgehead atoms. The van der Waals surface area contributed by atoms with E-state index in [1.54, 1.807) is 6.07 Å². The Morgan fingerprint density at radius 2 is 1.53 bits per heavy atom. The number of nitriles is 1. The maximum atomic E-state index is 12.9. The van der Waals surface area contributed by atoms with Crippen LogP contribution in [0.2, 0.25) is 0 Å². The van der Waals surface area contributed by atoms with Gasteiger partial charge in [-0.15, -0.1) is 0 Å². The van der Waals surface area contributed by atoms with Crippen LogP contribution in [-0.2, 0) is 12.8 Å². The van der Waals surface area contributed by atoms with Crippen LogP contribution in [0.3, 0.4) is 0 Å². The molecule has 30 heavy (non-hydrogen) atoms. The zero-order chi connectivity index (χ0) is 22.0. The maximum absolute atomic E-state index is 12.9. The number of alkyl halides is 3. The summed E-state index contributed by atoms with van der Waals surface area (Å²) in [5.41, 5.74) is 3.40. The van der Waals surface area contributed by atoms with Gasteiger partial charge in [0.05, 0.1) is 12.0 Å². The lowest BCUT2D eigenvalue weighted by atomic mass is 9.69. The van der Waals surface area contributed by atoms with Gasteiger partial charge in [0.25, 0.3) is 0 Å². The molecule has 0 aliphatic heterocycles. The van der Waals surface area contributed by atoms with Crippen LogP contribution in [0.5, 0.6) is 0 Å². The van der Waals surface area contributed by atoms with E-state index in [1.807, 2.05) is 30.3 Å². The van der Waals surface area contributed by atoms with E-state index in [-0.39, 0.29) is 12.3 Å². The fourth-order valence-corrected chi connectivity index (χ4v) is 3.85. The van der Waals surface area contributed by atoms with Crippen molar-refractivity contribution in [2.75, 3.05) is 20.1 Å². The molecule has 2 aromatic carbocycles. The van der Waals surface area contributed by atoms with Crippen molar-refractivity contribution in [3.63, 3.8) is 0 Å². The van der Waals surface area contributed by atoms with E-state index in [9.17, 15) is 13.2 Å². The Morgan fingerprint density at radius 3 is 2.07 bits per heavy atom. The molecule has 1 saturated carbocycles. The Hall–Kier alpha value is -2.32. The first-order chi connectivity index (χ1) is 14.3. The van der Waals surface area contributed by atoms with Gasteiger partial charge in [-0.25, -0.2) is 0 Å². The molecular formula is C25H31F3N2. The van der Waals surface area contributed by atoms with Crippen LogP contribution in [0, 0.1) is 17.2 Å². The van der Waals surface area contributed by atoms with E-state index in [0.717, 1.165) is 37.9 Å². The molecule has 0 spiro atoms. The van der Waals surface area contributed by atoms with Crippen LogP contribution in [0.4, 0.5) is 13.2 Å². The standard InChI is InChI=1S/C23H28F3N.C2H3N/c1-27(17-15-18-6-3-2-4-7-18)16-5-8-19-9-11-20(12-10-19)21-13-14-22(21)23(24,25)26;1-2-3/h2-4,6-7,9-12,21-22H,5,8,13-17H2,1H3;1H3. The van der Waals surface area contributed by atoms with Gasteiger partial charge < -0.3 is 4.90 Å². The van der Waals surface area contributed by atoms with E-state index in [2.05, 4.69) is 36.2 Å². The number of likely N-dealkylation sites (N-methyl/N-ethyl adjacent to an activating group) is 1. The minimum absolute atomic E-state index is 0.269. The van der Waals surface area contributed by atoms with Crippen LogP contribution in [0.25, 0.3) is 0 Å². The van der Waals surface area contributed by atoms with Gasteiger partial charge in [0, 0.05) is 13.5 Å². The molecule has 2 atom stereocenters. The van der Waals surface area contributed by atoms with Crippen LogP contribution in [-0.4, -0.2) is 31.2 Å². The predicted octanol–water partition coefficient (Wildman–Crippen LogP) is 6.38. The van der Waals surface area contributed by atoms with Gasteiger partial charge in [-0.05, 0) is 68.3 Å². The number of rotatable bonds is 8. The molecule has 0 saturated heterocycles. The zero-order valence-corrected chi connectivity index (χ0v) is 17.8. The van der Waals surface area contributed by atoms with Crippen molar-refractivity contribution in [2.45, 2.75) is 51.1 Å². The van der Waals surface area contributed by atoms with Crippen molar-refractivity contribution in [1.29, 1.82) is 5.26 Å². The van der Waals surface area contributed by atoms with Crippen LogP contribution >= 0.6 is 0 Å². The van der Waals surface area contributed by atoms with Crippen molar-refractivity contribution in [3.05, 3.63) is 71.3 Å². The highest BCUT2D eigenvalue weighted by atomic mass is 19.4. The summed E-state index contributed by atoms with van der Waals surface area (Å²) in [7, 11) is 2.14. The second kappa shape index (κ2) is 11.8. The maximum Gasteiger partial charge on any atom is 0.392 e. The molecule has 3 rings (SSSR count). The van der Waals surface area contributed by atoms with E-state index in [4.69, 9.17) is 5.26 Å². The highest BCUT2D eigenvalue weighted by Gasteiger charge is 2.50. The largest absolute Gasteiger partial charge is 0.392 e. The zero-order valence-electron chi connectivity index (χ0n) is 17.8. The second-order valence-electron chi connectivity index (χ2n) is 7.94. The van der Waals surface area contributed by atoms with Gasteiger partial charge in [0.15, 0.2) is 0 Å². The van der Waals surface area contributed by atoms with Crippen molar-refractivity contribution < 1.29 is 13.2 Å². The Balaban J connectivity index is 0.00000101. The molecule has 0 N–H and O–H groups in total. The lowest BCUT2D eigenvalue weighted by Crippen LogP contribution is -2.36. The summed E-state index contributed by atoms with van der Waals surface area (Å²) in [5.74, 6) is -1.50. The lowest BCUT2D eigenvalue weighted by Gasteiger charge is -2.38. The average Bonchev–Trinajstić information content (AvgIpc) is 2.67. The van der Waals surface area contributed by atoms with Crippen LogP contribution in [0.1, 0.15) is 48.8 Å². The molecular weight excluding hydrogens is 385 g/mol. The quantitative estimate of drug-likeness (QED) is 0.499. The van der Waals surface area contributed by atoms with Gasteiger partial charge in [0.2, 0.25) is 0 Å². The van der Waals surface area contributed by atoms with Crippen molar-refractivity contribution in [2.24, 2.45) is 5.92 Å². The fourth-order valence-electron chi connectivity index (χ4n) is 3.85. The molecule has 2 aromatic rings. The lowest BCUT2D eigenvalue weighted by molar-refractivity contribution is -0.200. The minimum Gasteiger partial charge on any atom is -0.306 e. The molecule has 0 radical (unpaired) electrons. The third-order valence-corrected chi connectivity index (χ3v) is 5.73. The molecule has 0 heterocycles. The van der Waals surface area contributed by atoms with Crippen molar-refractivity contribution >= 4 is 0 Å². The summed E-state index contributed by atoms with van der Waals surface area (Å²) < 4.78 is 38.8. The summed E-state index contributed by atoms with van der Waals surface area (Å²) in [6.45, 7) is 3.48. The molecule has 2 unspecified atom stereocenters. The normalized spacial score (nSPS) is 18.2. The molecule has 0 aromatic heterocycles. The Bertz CT molecular complexity index is 779. The summed E-state index contributed by atoms with van der Waals surface area (Å²) in [6.07, 6.45) is -0.0801. The Kier molecular flexibility index (Phi) is 9.39. The molecule has 2 nitrogen and oxygen atoms in total. The van der Waals surface area contributed by atoms with E-state index < -0.39 is 12.1 Å². The van der Waals surface area contributed by atoms with Crippen LogP contribution in [0.15, 0.2) is 54.6 Å². The van der Waals surface area contributed by atoms with E-state index in [1.165, 1.54) is 18.1 Å². The SMILES string of the molecule is CC#N.CN(CCCc1ccc(C2CCC2C(F)(F)F)cc1)CCc1ccccc1. The van der Waals surface area contributed by atoms with E-state index >= 15 is 0 Å². The first-order valence-electron chi connectivity index (χ1n) is 10.5. The summed E-state index contributed by atoms with van der Waals surface area (Å²) in [5, 5.41) is 7.32. The van der Waals surface area contributed by atoms with Crippen molar-refractivity contribution in [1.82, 2.24) is 4.90 Å². The molecule has 1 fully saturated rings.